The van der Waals surface area contributed by atoms with Crippen LogP contribution in [0.4, 0.5) is 14.5 Å². The number of Topliss-reactive ketones (excluding diaryl/α,β-unsaturated/α-hetero) is 1. The molecule has 0 heterocycles. The molecule has 0 saturated carbocycles. The molecule has 138 valence electrons. The van der Waals surface area contributed by atoms with Crippen molar-refractivity contribution in [3.63, 3.8) is 0 Å². The average molecular weight is 400 g/mol. The van der Waals surface area contributed by atoms with Gasteiger partial charge in [0.05, 0.1) is 11.9 Å². The number of sulfonamides is 1. The number of hydrogen-bond acceptors (Lipinski definition) is 6. The van der Waals surface area contributed by atoms with Crippen molar-refractivity contribution in [2.75, 3.05) is 11.0 Å². The predicted octanol–water partition coefficient (Wildman–Crippen LogP) is 3.83. The van der Waals surface area contributed by atoms with Crippen LogP contribution < -0.4 is 4.72 Å². The Labute approximate surface area is 153 Å². The second kappa shape index (κ2) is 7.92. The molecule has 1 atom stereocenters. The van der Waals surface area contributed by atoms with Crippen molar-refractivity contribution >= 4 is 33.3 Å². The van der Waals surface area contributed by atoms with Gasteiger partial charge in [-0.2, -0.15) is 4.91 Å². The number of nitrogens with one attached hydrogen (secondary N) is 1. The monoisotopic (exact) mass is 400 g/mol. The summed E-state index contributed by atoms with van der Waals surface area (Å²) in [6, 6.07) is 5.82. The molecule has 0 amide bonds. The van der Waals surface area contributed by atoms with E-state index in [1.54, 1.807) is 0 Å². The zero-order valence-corrected chi connectivity index (χ0v) is 15.3. The summed E-state index contributed by atoms with van der Waals surface area (Å²) in [6.07, 6.45) is 0.942. The number of nitrogens with zero attached hydrogens (tertiary/aromatic N) is 1. The van der Waals surface area contributed by atoms with E-state index in [2.05, 4.69) is 9.90 Å². The highest BCUT2D eigenvalue weighted by Gasteiger charge is 2.19. The lowest BCUT2D eigenvalue weighted by Gasteiger charge is -2.13. The molecule has 0 aliphatic rings. The Balaban J connectivity index is 2.50. The van der Waals surface area contributed by atoms with Crippen LogP contribution in [0, 0.1) is 16.5 Å². The summed E-state index contributed by atoms with van der Waals surface area (Å²) in [5.41, 5.74) is 0.227. The minimum absolute atomic E-state index is 0.0362. The number of ketones is 1. The van der Waals surface area contributed by atoms with E-state index in [1.807, 2.05) is 0 Å². The number of carbonyl (C=O) groups is 1. The third kappa shape index (κ3) is 5.09. The maximum atomic E-state index is 13.9. The van der Waals surface area contributed by atoms with Crippen molar-refractivity contribution in [2.24, 2.45) is 5.18 Å². The van der Waals surface area contributed by atoms with Crippen LogP contribution in [0.25, 0.3) is 0 Å². The number of hydrogen-bond donors (Lipinski definition) is 1. The molecule has 1 N–H and O–H groups in total. The van der Waals surface area contributed by atoms with Crippen LogP contribution in [0.15, 0.2) is 51.4 Å². The molecule has 10 heteroatoms. The van der Waals surface area contributed by atoms with Gasteiger partial charge in [-0.15, -0.1) is 0 Å². The number of anilines is 1. The highest BCUT2D eigenvalue weighted by molar-refractivity contribution is 7.99. The van der Waals surface area contributed by atoms with Gasteiger partial charge in [0.1, 0.15) is 11.6 Å². The Morgan fingerprint density at radius 3 is 2.42 bits per heavy atom. The second-order valence-electron chi connectivity index (χ2n) is 5.41. The average Bonchev–Trinajstić information content (AvgIpc) is 2.56. The van der Waals surface area contributed by atoms with E-state index in [0.717, 1.165) is 24.1 Å². The molecule has 0 bridgehead atoms. The summed E-state index contributed by atoms with van der Waals surface area (Å²) in [4.78, 5) is 22.9. The Morgan fingerprint density at radius 1 is 1.15 bits per heavy atom. The first-order chi connectivity index (χ1) is 12.1. The molecule has 26 heavy (non-hydrogen) atoms. The van der Waals surface area contributed by atoms with E-state index in [4.69, 9.17) is 0 Å². The quantitative estimate of drug-likeness (QED) is 0.563. The van der Waals surface area contributed by atoms with E-state index in [0.29, 0.717) is 6.07 Å². The maximum Gasteiger partial charge on any atom is 0.229 e. The number of rotatable bonds is 7. The highest BCUT2D eigenvalue weighted by Crippen LogP contribution is 2.36. The molecular formula is C16H14F2N2O4S2. The molecule has 0 aliphatic carbocycles. The van der Waals surface area contributed by atoms with E-state index in [-0.39, 0.29) is 21.0 Å². The Morgan fingerprint density at radius 2 is 1.85 bits per heavy atom. The van der Waals surface area contributed by atoms with Crippen LogP contribution in [0.3, 0.4) is 0 Å². The summed E-state index contributed by atoms with van der Waals surface area (Å²) >= 11 is 0.812. The van der Waals surface area contributed by atoms with Gasteiger partial charge in [-0.1, -0.05) is 16.9 Å². The number of benzene rings is 2. The van der Waals surface area contributed by atoms with Crippen molar-refractivity contribution < 1.29 is 22.0 Å². The topological polar surface area (TPSA) is 92.7 Å². The first-order valence-corrected chi connectivity index (χ1v) is 9.93. The fourth-order valence-corrected chi connectivity index (χ4v) is 3.60. The lowest BCUT2D eigenvalue weighted by molar-refractivity contribution is 0.0968. The zero-order valence-electron chi connectivity index (χ0n) is 13.7. The highest BCUT2D eigenvalue weighted by atomic mass is 32.2. The molecular weight excluding hydrogens is 386 g/mol. The summed E-state index contributed by atoms with van der Waals surface area (Å²) in [7, 11) is -3.63. The van der Waals surface area contributed by atoms with Crippen LogP contribution >= 0.6 is 11.8 Å². The van der Waals surface area contributed by atoms with Gasteiger partial charge in [-0.05, 0) is 37.3 Å². The normalized spacial score (nSPS) is 12.5. The van der Waals surface area contributed by atoms with Gasteiger partial charge in [-0.3, -0.25) is 9.52 Å². The lowest BCUT2D eigenvalue weighted by atomic mass is 10.1. The summed E-state index contributed by atoms with van der Waals surface area (Å²) in [5, 5.41) is 2.66. The minimum atomic E-state index is -3.63. The Kier molecular flexibility index (Phi) is 6.09. The summed E-state index contributed by atoms with van der Waals surface area (Å²) in [5.74, 6) is -2.15. The van der Waals surface area contributed by atoms with Crippen molar-refractivity contribution in [3.8, 4) is 0 Å². The van der Waals surface area contributed by atoms with Crippen molar-refractivity contribution in [2.45, 2.75) is 22.8 Å². The molecule has 0 radical (unpaired) electrons. The van der Waals surface area contributed by atoms with Crippen LogP contribution in [-0.4, -0.2) is 26.5 Å². The minimum Gasteiger partial charge on any atom is -0.292 e. The van der Waals surface area contributed by atoms with Crippen LogP contribution in [0.2, 0.25) is 0 Å². The van der Waals surface area contributed by atoms with Gasteiger partial charge in [-0.25, -0.2) is 17.2 Å². The van der Waals surface area contributed by atoms with Crippen LogP contribution in [0.1, 0.15) is 17.3 Å². The zero-order chi connectivity index (χ0) is 19.5. The van der Waals surface area contributed by atoms with Gasteiger partial charge >= 0.3 is 0 Å². The molecule has 2 aromatic rings. The molecule has 2 rings (SSSR count). The first-order valence-electron chi connectivity index (χ1n) is 7.22. The maximum absolute atomic E-state index is 13.9. The lowest BCUT2D eigenvalue weighted by Crippen LogP contribution is -2.15. The standard InChI is InChI=1S/C16H14F2N2O4S2/c1-9(19-22)16(21)10-3-5-13(20-26(2,23)24)15(7-10)25-14-6-4-11(17)8-12(14)18/h3-9,20H,1-2H3. The first kappa shape index (κ1) is 20.0. The van der Waals surface area contributed by atoms with Gasteiger partial charge in [0.2, 0.25) is 10.0 Å². The van der Waals surface area contributed by atoms with Crippen molar-refractivity contribution in [3.05, 3.63) is 58.5 Å². The molecule has 0 fully saturated rings. The molecule has 0 saturated heterocycles. The van der Waals surface area contributed by atoms with E-state index in [9.17, 15) is 26.9 Å². The summed E-state index contributed by atoms with van der Waals surface area (Å²) < 4.78 is 52.3. The van der Waals surface area contributed by atoms with E-state index < -0.39 is 33.5 Å². The molecule has 0 aliphatic heterocycles. The van der Waals surface area contributed by atoms with Crippen molar-refractivity contribution in [1.29, 1.82) is 0 Å². The van der Waals surface area contributed by atoms with Crippen molar-refractivity contribution in [1.82, 2.24) is 0 Å². The van der Waals surface area contributed by atoms with Crippen LogP contribution in [-0.2, 0) is 10.0 Å². The fourth-order valence-electron chi connectivity index (χ4n) is 2.01. The van der Waals surface area contributed by atoms with E-state index in [1.165, 1.54) is 31.2 Å². The third-order valence-corrected chi connectivity index (χ3v) is 4.91. The largest absolute Gasteiger partial charge is 0.292 e. The molecule has 0 spiro atoms. The van der Waals surface area contributed by atoms with Gasteiger partial charge in [0.15, 0.2) is 11.8 Å². The summed E-state index contributed by atoms with van der Waals surface area (Å²) in [6.45, 7) is 1.32. The van der Waals surface area contributed by atoms with Gasteiger partial charge < -0.3 is 0 Å². The predicted molar refractivity (Wildman–Crippen MR) is 95.0 cm³/mol. The number of carbonyl (C=O) groups excluding carboxylic acids is 1. The second-order valence-corrected chi connectivity index (χ2v) is 8.24. The fraction of sp³-hybridized carbons (Fsp3) is 0.188. The smallest absolute Gasteiger partial charge is 0.229 e. The number of nitroso groups, excluding NO2 is 1. The SMILES string of the molecule is CC(N=O)C(=O)c1ccc(NS(C)(=O)=O)c(Sc2ccc(F)cc2F)c1. The van der Waals surface area contributed by atoms with Gasteiger partial charge in [0.25, 0.3) is 0 Å². The Hall–Kier alpha value is -2.33. The van der Waals surface area contributed by atoms with E-state index >= 15 is 0 Å². The number of halogens is 2. The molecule has 1 unspecified atom stereocenters. The molecule has 0 aromatic heterocycles. The third-order valence-electron chi connectivity index (χ3n) is 3.21. The molecule has 2 aromatic carbocycles. The Bertz CT molecular complexity index is 965. The molecule has 6 nitrogen and oxygen atoms in total. The van der Waals surface area contributed by atoms with Gasteiger partial charge in [0, 0.05) is 21.4 Å². The van der Waals surface area contributed by atoms with Crippen LogP contribution in [0.5, 0.6) is 0 Å².